The Bertz CT molecular complexity index is 2440. The first-order valence-electron chi connectivity index (χ1n) is 19.6. The summed E-state index contributed by atoms with van der Waals surface area (Å²) in [7, 11) is 0. The largest absolute Gasteiger partial charge is 2.00 e. The van der Waals surface area contributed by atoms with Crippen LogP contribution in [0.3, 0.4) is 0 Å². The van der Waals surface area contributed by atoms with E-state index in [1.807, 2.05) is 23.0 Å². The van der Waals surface area contributed by atoms with Crippen molar-refractivity contribution in [1.29, 1.82) is 0 Å². The van der Waals surface area contributed by atoms with Crippen LogP contribution >= 0.6 is 0 Å². The number of rotatable bonds is 10. The molecule has 55 heavy (non-hydrogen) atoms. The summed E-state index contributed by atoms with van der Waals surface area (Å²) >= 11 is 0. The second-order valence-electron chi connectivity index (χ2n) is 17.0. The third-order valence-electron chi connectivity index (χ3n) is 10.8. The van der Waals surface area contributed by atoms with E-state index in [-0.39, 0.29) is 31.9 Å². The maximum absolute atomic E-state index is 6.74. The standard InChI is InChI=1S/C49H54N4O.Pt/c1-11-12-14-17-32(2)36-20-23-44-43(26-36)42-22-21-40(31-45(42)52(44)46-29-37(24-25-50-46)48(5,6)7)54-41-28-38(49(8,9)10)27-39(30-41)53-34(4)47(33(3)51-53)35-18-15-13-16-19-35;/h13,15-16,18-29,32H,11-12,14,17H2,1-10H3;/q-2;+2. The Morgan fingerprint density at radius 3 is 2.22 bits per heavy atom. The molecular weight excluding hydrogens is 856 g/mol. The number of ether oxygens (including phenoxy) is 1. The molecule has 0 aliphatic heterocycles. The summed E-state index contributed by atoms with van der Waals surface area (Å²) in [5.74, 6) is 2.61. The molecule has 286 valence electrons. The Morgan fingerprint density at radius 2 is 1.51 bits per heavy atom. The summed E-state index contributed by atoms with van der Waals surface area (Å²) in [6.45, 7) is 22.2. The molecule has 7 rings (SSSR count). The summed E-state index contributed by atoms with van der Waals surface area (Å²) in [4.78, 5) is 4.93. The summed E-state index contributed by atoms with van der Waals surface area (Å²) in [6, 6.07) is 37.5. The summed E-state index contributed by atoms with van der Waals surface area (Å²) in [5.41, 5.74) is 10.8. The molecule has 1 atom stereocenters. The van der Waals surface area contributed by atoms with Crippen molar-refractivity contribution in [2.24, 2.45) is 0 Å². The van der Waals surface area contributed by atoms with Gasteiger partial charge in [0.2, 0.25) is 0 Å². The van der Waals surface area contributed by atoms with Crippen molar-refractivity contribution in [1.82, 2.24) is 19.3 Å². The zero-order valence-corrected chi connectivity index (χ0v) is 36.4. The van der Waals surface area contributed by atoms with Gasteiger partial charge in [0.05, 0.1) is 5.69 Å². The summed E-state index contributed by atoms with van der Waals surface area (Å²) in [5, 5.41) is 7.35. The number of nitrogens with zero attached hydrogens (tertiary/aromatic N) is 4. The second-order valence-corrected chi connectivity index (χ2v) is 17.0. The molecule has 0 radical (unpaired) electrons. The Labute approximate surface area is 342 Å². The minimum atomic E-state index is -0.129. The fourth-order valence-electron chi connectivity index (χ4n) is 7.57. The Balaban J connectivity index is 0.00000514. The molecule has 4 aromatic carbocycles. The maximum atomic E-state index is 6.74. The predicted octanol–water partition coefficient (Wildman–Crippen LogP) is 13.3. The van der Waals surface area contributed by atoms with Crippen LogP contribution in [0.5, 0.6) is 11.5 Å². The number of pyridine rings is 1. The number of hydrogen-bond donors (Lipinski definition) is 0. The van der Waals surface area contributed by atoms with Gasteiger partial charge in [-0.3, -0.25) is 4.68 Å². The van der Waals surface area contributed by atoms with Crippen LogP contribution in [-0.4, -0.2) is 19.3 Å². The molecule has 3 aromatic heterocycles. The minimum Gasteiger partial charge on any atom is -0.509 e. The van der Waals surface area contributed by atoms with Crippen LogP contribution in [0.4, 0.5) is 0 Å². The van der Waals surface area contributed by atoms with E-state index in [4.69, 9.17) is 14.8 Å². The van der Waals surface area contributed by atoms with Crippen molar-refractivity contribution in [2.45, 2.75) is 112 Å². The van der Waals surface area contributed by atoms with Crippen LogP contribution in [0, 0.1) is 26.0 Å². The van der Waals surface area contributed by atoms with Crippen molar-refractivity contribution in [3.8, 4) is 34.1 Å². The van der Waals surface area contributed by atoms with E-state index in [1.165, 1.54) is 42.2 Å². The molecule has 3 heterocycles. The van der Waals surface area contributed by atoms with E-state index in [9.17, 15) is 0 Å². The van der Waals surface area contributed by atoms with Gasteiger partial charge in [-0.15, -0.1) is 41.3 Å². The van der Waals surface area contributed by atoms with Gasteiger partial charge in [0, 0.05) is 34.5 Å². The van der Waals surface area contributed by atoms with Gasteiger partial charge in [0.1, 0.15) is 5.82 Å². The van der Waals surface area contributed by atoms with Gasteiger partial charge < -0.3 is 9.30 Å². The van der Waals surface area contributed by atoms with Gasteiger partial charge in [-0.05, 0) is 83.0 Å². The van der Waals surface area contributed by atoms with Crippen LogP contribution in [0.25, 0.3) is 44.4 Å². The number of benzene rings is 4. The van der Waals surface area contributed by atoms with Gasteiger partial charge in [0.25, 0.3) is 0 Å². The molecule has 7 aromatic rings. The second kappa shape index (κ2) is 15.9. The van der Waals surface area contributed by atoms with Crippen LogP contribution in [0.1, 0.15) is 115 Å². The zero-order valence-electron chi connectivity index (χ0n) is 34.1. The first-order chi connectivity index (χ1) is 25.7. The molecular formula is C49H54N4OPt. The van der Waals surface area contributed by atoms with Crippen molar-refractivity contribution < 1.29 is 25.8 Å². The molecule has 0 aliphatic carbocycles. The Morgan fingerprint density at radius 1 is 0.764 bits per heavy atom. The van der Waals surface area contributed by atoms with Crippen LogP contribution in [-0.2, 0) is 31.9 Å². The zero-order chi connectivity index (χ0) is 38.4. The SMILES string of the molecule is CCCCCC(C)c1ccc2c(c1)c1ccc(Oc3[c-]c(-n4nc(C)c(-c5ccccc5)c4C)cc(C(C)(C)C)c3)[c-]c1n2-c1cc(C(C)(C)C)ccn1.[Pt+2]. The van der Waals surface area contributed by atoms with E-state index in [1.54, 1.807) is 0 Å². The van der Waals surface area contributed by atoms with Crippen LogP contribution in [0.2, 0.25) is 0 Å². The molecule has 0 saturated carbocycles. The van der Waals surface area contributed by atoms with E-state index in [2.05, 4.69) is 159 Å². The molecule has 5 nitrogen and oxygen atoms in total. The monoisotopic (exact) mass is 909 g/mol. The quantitative estimate of drug-likeness (QED) is 0.101. The van der Waals surface area contributed by atoms with Gasteiger partial charge in [-0.1, -0.05) is 123 Å². The van der Waals surface area contributed by atoms with Gasteiger partial charge in [0.15, 0.2) is 0 Å². The third-order valence-corrected chi connectivity index (χ3v) is 10.8. The number of aryl methyl sites for hydroxylation is 1. The van der Waals surface area contributed by atoms with Crippen molar-refractivity contribution in [3.05, 3.63) is 131 Å². The fraction of sp³-hybridized carbons (Fsp3) is 0.347. The van der Waals surface area contributed by atoms with Gasteiger partial charge in [-0.2, -0.15) is 11.2 Å². The number of fused-ring (bicyclic) bond motifs is 3. The average Bonchev–Trinajstić information content (AvgIpc) is 3.63. The normalized spacial score (nSPS) is 12.6. The van der Waals surface area contributed by atoms with Crippen LogP contribution < -0.4 is 4.74 Å². The molecule has 6 heteroatoms. The van der Waals surface area contributed by atoms with Crippen molar-refractivity contribution in [2.75, 3.05) is 0 Å². The average molecular weight is 910 g/mol. The Kier molecular flexibility index (Phi) is 11.7. The molecule has 0 spiro atoms. The van der Waals surface area contributed by atoms with Gasteiger partial charge in [-0.25, -0.2) is 4.98 Å². The molecule has 0 fully saturated rings. The topological polar surface area (TPSA) is 44.9 Å². The predicted molar refractivity (Wildman–Crippen MR) is 225 cm³/mol. The molecule has 1 unspecified atom stereocenters. The molecule has 0 saturated heterocycles. The first-order valence-corrected chi connectivity index (χ1v) is 19.6. The van der Waals surface area contributed by atoms with Crippen molar-refractivity contribution >= 4 is 21.8 Å². The minimum absolute atomic E-state index is 0. The third kappa shape index (κ3) is 8.24. The molecule has 0 N–H and O–H groups in total. The maximum Gasteiger partial charge on any atom is 2.00 e. The molecule has 0 aliphatic rings. The smallest absolute Gasteiger partial charge is 0.509 e. The number of hydrogen-bond acceptors (Lipinski definition) is 3. The van der Waals surface area contributed by atoms with Crippen LogP contribution in [0.15, 0.2) is 91.1 Å². The van der Waals surface area contributed by atoms with E-state index < -0.39 is 0 Å². The molecule has 0 bridgehead atoms. The summed E-state index contributed by atoms with van der Waals surface area (Å²) < 4.78 is 11.0. The summed E-state index contributed by atoms with van der Waals surface area (Å²) in [6.07, 6.45) is 6.87. The van der Waals surface area contributed by atoms with Crippen molar-refractivity contribution in [3.63, 3.8) is 0 Å². The number of unbranched alkanes of at least 4 members (excludes halogenated alkanes) is 2. The first kappa shape index (κ1) is 40.2. The van der Waals surface area contributed by atoms with E-state index >= 15 is 0 Å². The van der Waals surface area contributed by atoms with E-state index in [0.29, 0.717) is 17.4 Å². The van der Waals surface area contributed by atoms with Gasteiger partial charge >= 0.3 is 21.1 Å². The number of aromatic nitrogens is 4. The van der Waals surface area contributed by atoms with E-state index in [0.717, 1.165) is 56.0 Å². The fourth-order valence-corrected chi connectivity index (χ4v) is 7.57. The Hall–Kier alpha value is -4.47. The molecule has 0 amide bonds.